The van der Waals surface area contributed by atoms with Gasteiger partial charge in [0.2, 0.25) is 0 Å². The molecule has 0 amide bonds. The van der Waals surface area contributed by atoms with Crippen molar-refractivity contribution in [2.24, 2.45) is 17.8 Å². The second-order valence-electron chi connectivity index (χ2n) is 5.83. The predicted molar refractivity (Wildman–Crippen MR) is 56.0 cm³/mol. The van der Waals surface area contributed by atoms with Crippen molar-refractivity contribution in [2.75, 3.05) is 7.05 Å². The van der Waals surface area contributed by atoms with Gasteiger partial charge >= 0.3 is 0 Å². The molecule has 3 rings (SSSR count). The van der Waals surface area contributed by atoms with Crippen LogP contribution in [0.2, 0.25) is 0 Å². The van der Waals surface area contributed by atoms with E-state index in [1.54, 1.807) is 0 Å². The first-order valence-corrected chi connectivity index (χ1v) is 6.10. The maximum Gasteiger partial charge on any atom is 0.0656 e. The number of hydrogen-bond donors (Lipinski definition) is 2. The van der Waals surface area contributed by atoms with Crippen molar-refractivity contribution < 1.29 is 5.11 Å². The Balaban J connectivity index is 1.90. The summed E-state index contributed by atoms with van der Waals surface area (Å²) in [7, 11) is 2.08. The Morgan fingerprint density at radius 2 is 2.07 bits per heavy atom. The third-order valence-corrected chi connectivity index (χ3v) is 4.94. The number of rotatable bonds is 1. The molecule has 0 aliphatic heterocycles. The zero-order valence-electron chi connectivity index (χ0n) is 9.00. The fourth-order valence-electron chi connectivity index (χ4n) is 4.48. The molecule has 3 aliphatic rings. The molecule has 0 saturated heterocycles. The summed E-state index contributed by atoms with van der Waals surface area (Å²) in [6, 6.07) is 0.680. The standard InChI is InChI=1S/C12H21NO/c1-13-11-3-2-8-4-9-6-12(14,5-8)7-10(9)11/h8-11,13-14H,2-7H2,1H3. The minimum atomic E-state index is -0.270. The van der Waals surface area contributed by atoms with Gasteiger partial charge in [-0.1, -0.05) is 0 Å². The molecule has 2 heteroatoms. The van der Waals surface area contributed by atoms with E-state index in [-0.39, 0.29) is 5.60 Å². The Hall–Kier alpha value is -0.0800. The van der Waals surface area contributed by atoms with Crippen LogP contribution in [0, 0.1) is 17.8 Å². The van der Waals surface area contributed by atoms with Gasteiger partial charge in [0.25, 0.3) is 0 Å². The maximum atomic E-state index is 10.4. The van der Waals surface area contributed by atoms with Crippen LogP contribution in [-0.4, -0.2) is 23.8 Å². The van der Waals surface area contributed by atoms with Crippen LogP contribution in [0.25, 0.3) is 0 Å². The molecule has 3 aliphatic carbocycles. The van der Waals surface area contributed by atoms with E-state index in [4.69, 9.17) is 0 Å². The van der Waals surface area contributed by atoms with Crippen molar-refractivity contribution in [1.29, 1.82) is 0 Å². The highest BCUT2D eigenvalue weighted by molar-refractivity contribution is 5.05. The van der Waals surface area contributed by atoms with E-state index in [1.165, 1.54) is 19.3 Å². The summed E-state index contributed by atoms with van der Waals surface area (Å²) in [5.41, 5.74) is -0.270. The molecule has 0 heterocycles. The Bertz CT molecular complexity index is 242. The van der Waals surface area contributed by atoms with Crippen molar-refractivity contribution >= 4 is 0 Å². The van der Waals surface area contributed by atoms with E-state index in [0.29, 0.717) is 6.04 Å². The molecular formula is C12H21NO. The first kappa shape index (κ1) is 9.17. The topological polar surface area (TPSA) is 32.3 Å². The Labute approximate surface area is 86.1 Å². The molecule has 3 bridgehead atoms. The highest BCUT2D eigenvalue weighted by Crippen LogP contribution is 2.55. The molecule has 0 aromatic heterocycles. The van der Waals surface area contributed by atoms with E-state index in [1.807, 2.05) is 0 Å². The van der Waals surface area contributed by atoms with Crippen LogP contribution in [0.5, 0.6) is 0 Å². The van der Waals surface area contributed by atoms with Crippen LogP contribution in [0.4, 0.5) is 0 Å². The molecule has 2 N–H and O–H groups in total. The molecule has 2 nitrogen and oxygen atoms in total. The summed E-state index contributed by atoms with van der Waals surface area (Å²) < 4.78 is 0. The van der Waals surface area contributed by atoms with Crippen LogP contribution in [0.3, 0.4) is 0 Å². The molecule has 0 radical (unpaired) electrons. The molecule has 14 heavy (non-hydrogen) atoms. The average molecular weight is 195 g/mol. The van der Waals surface area contributed by atoms with E-state index in [9.17, 15) is 5.11 Å². The third kappa shape index (κ3) is 1.24. The summed E-state index contributed by atoms with van der Waals surface area (Å²) in [5.74, 6) is 2.40. The average Bonchev–Trinajstić information content (AvgIpc) is 2.29. The maximum absolute atomic E-state index is 10.4. The summed E-state index contributed by atoms with van der Waals surface area (Å²) in [6.45, 7) is 0. The van der Waals surface area contributed by atoms with Gasteiger partial charge < -0.3 is 10.4 Å². The summed E-state index contributed by atoms with van der Waals surface area (Å²) in [5, 5.41) is 13.9. The molecule has 5 atom stereocenters. The second kappa shape index (κ2) is 2.96. The highest BCUT2D eigenvalue weighted by Gasteiger charge is 2.52. The van der Waals surface area contributed by atoms with E-state index < -0.39 is 0 Å². The van der Waals surface area contributed by atoms with Crippen molar-refractivity contribution in [3.05, 3.63) is 0 Å². The van der Waals surface area contributed by atoms with Gasteiger partial charge in [-0.25, -0.2) is 0 Å². The SMILES string of the molecule is CNC1CCC2CC3CC(O)(C2)CC31. The van der Waals surface area contributed by atoms with Gasteiger partial charge in [0.05, 0.1) is 5.60 Å². The van der Waals surface area contributed by atoms with Gasteiger partial charge in [-0.15, -0.1) is 0 Å². The number of hydrogen-bond acceptors (Lipinski definition) is 2. The zero-order chi connectivity index (χ0) is 9.76. The molecule has 3 saturated carbocycles. The number of nitrogens with one attached hydrogen (secondary N) is 1. The van der Waals surface area contributed by atoms with Crippen molar-refractivity contribution in [1.82, 2.24) is 5.32 Å². The van der Waals surface area contributed by atoms with Gasteiger partial charge in [-0.05, 0) is 63.3 Å². The molecular weight excluding hydrogens is 174 g/mol. The van der Waals surface area contributed by atoms with Gasteiger partial charge in [0.15, 0.2) is 0 Å². The monoisotopic (exact) mass is 195 g/mol. The number of aliphatic hydroxyl groups is 1. The molecule has 5 unspecified atom stereocenters. The molecule has 80 valence electrons. The zero-order valence-corrected chi connectivity index (χ0v) is 9.00. The van der Waals surface area contributed by atoms with E-state index >= 15 is 0 Å². The predicted octanol–water partition coefficient (Wildman–Crippen LogP) is 1.54. The van der Waals surface area contributed by atoms with Gasteiger partial charge in [0, 0.05) is 6.04 Å². The van der Waals surface area contributed by atoms with Crippen LogP contribution in [-0.2, 0) is 0 Å². The Morgan fingerprint density at radius 3 is 2.86 bits per heavy atom. The lowest BCUT2D eigenvalue weighted by Gasteiger charge is -2.33. The Morgan fingerprint density at radius 1 is 1.21 bits per heavy atom. The van der Waals surface area contributed by atoms with Gasteiger partial charge in [0.1, 0.15) is 0 Å². The van der Waals surface area contributed by atoms with Crippen molar-refractivity contribution in [3.8, 4) is 0 Å². The quantitative estimate of drug-likeness (QED) is 0.665. The van der Waals surface area contributed by atoms with Crippen LogP contribution in [0.15, 0.2) is 0 Å². The molecule has 0 spiro atoms. The van der Waals surface area contributed by atoms with E-state index in [2.05, 4.69) is 12.4 Å². The smallest absolute Gasteiger partial charge is 0.0656 e. The molecule has 0 aromatic rings. The van der Waals surface area contributed by atoms with E-state index in [0.717, 1.165) is 37.0 Å². The normalized spacial score (nSPS) is 56.1. The Kier molecular flexibility index (Phi) is 1.94. The lowest BCUT2D eigenvalue weighted by atomic mass is 9.77. The highest BCUT2D eigenvalue weighted by atomic mass is 16.3. The largest absolute Gasteiger partial charge is 0.390 e. The van der Waals surface area contributed by atoms with Crippen LogP contribution in [0.1, 0.15) is 38.5 Å². The van der Waals surface area contributed by atoms with Gasteiger partial charge in [-0.2, -0.15) is 0 Å². The fraction of sp³-hybridized carbons (Fsp3) is 1.00. The van der Waals surface area contributed by atoms with Gasteiger partial charge in [-0.3, -0.25) is 0 Å². The minimum Gasteiger partial charge on any atom is -0.390 e. The fourth-order valence-corrected chi connectivity index (χ4v) is 4.48. The minimum absolute atomic E-state index is 0.270. The second-order valence-corrected chi connectivity index (χ2v) is 5.83. The van der Waals surface area contributed by atoms with Crippen LogP contribution < -0.4 is 5.32 Å². The number of fused-ring (bicyclic) bond motifs is 2. The van der Waals surface area contributed by atoms with Crippen molar-refractivity contribution in [2.45, 2.75) is 50.2 Å². The summed E-state index contributed by atoms with van der Waals surface area (Å²) in [6.07, 6.45) is 7.31. The van der Waals surface area contributed by atoms with Crippen molar-refractivity contribution in [3.63, 3.8) is 0 Å². The lowest BCUT2D eigenvalue weighted by Crippen LogP contribution is -2.36. The summed E-state index contributed by atoms with van der Waals surface area (Å²) in [4.78, 5) is 0. The first-order valence-electron chi connectivity index (χ1n) is 6.10. The summed E-state index contributed by atoms with van der Waals surface area (Å²) >= 11 is 0. The lowest BCUT2D eigenvalue weighted by molar-refractivity contribution is -0.00583. The first-order chi connectivity index (χ1) is 6.70. The third-order valence-electron chi connectivity index (χ3n) is 4.94. The van der Waals surface area contributed by atoms with Crippen LogP contribution >= 0.6 is 0 Å². The molecule has 3 fully saturated rings. The molecule has 0 aromatic carbocycles.